The van der Waals surface area contributed by atoms with Crippen molar-refractivity contribution in [3.8, 4) is 0 Å². The lowest BCUT2D eigenvalue weighted by atomic mass is 10.1. The van der Waals surface area contributed by atoms with Crippen LogP contribution >= 0.6 is 27.7 Å². The first kappa shape index (κ1) is 22.9. The van der Waals surface area contributed by atoms with Gasteiger partial charge in [0.25, 0.3) is 11.1 Å². The maximum absolute atomic E-state index is 13.1. The number of halogens is 1. The number of fused-ring (bicyclic) bond motifs is 1. The summed E-state index contributed by atoms with van der Waals surface area (Å²) in [5.41, 5.74) is 4.17. The molecule has 3 amide bonds. The van der Waals surface area contributed by atoms with Crippen LogP contribution in [0.3, 0.4) is 0 Å². The quantitative estimate of drug-likeness (QED) is 0.407. The number of benzene rings is 2. The number of nitrogens with zero attached hydrogens (tertiary/aromatic N) is 3. The van der Waals surface area contributed by atoms with Gasteiger partial charge in [-0.25, -0.2) is 0 Å². The number of para-hydroxylation sites is 1. The lowest BCUT2D eigenvalue weighted by molar-refractivity contribution is -0.135. The lowest BCUT2D eigenvalue weighted by Crippen LogP contribution is -2.40. The first-order valence-corrected chi connectivity index (χ1v) is 12.9. The molecule has 2 fully saturated rings. The minimum Gasteiger partial charge on any atom is -0.341 e. The van der Waals surface area contributed by atoms with Gasteiger partial charge in [-0.15, -0.1) is 0 Å². The topological polar surface area (TPSA) is 62.6 Å². The highest BCUT2D eigenvalue weighted by molar-refractivity contribution is 9.10. The van der Waals surface area contributed by atoms with Crippen molar-refractivity contribution >= 4 is 61.7 Å². The van der Waals surface area contributed by atoms with Crippen LogP contribution in [0.2, 0.25) is 0 Å². The third-order valence-electron chi connectivity index (χ3n) is 6.43. The van der Waals surface area contributed by atoms with E-state index in [1.54, 1.807) is 11.0 Å². The van der Waals surface area contributed by atoms with Gasteiger partial charge >= 0.3 is 0 Å². The van der Waals surface area contributed by atoms with E-state index in [0.717, 1.165) is 56.1 Å². The Morgan fingerprint density at radius 3 is 2.50 bits per heavy atom. The van der Waals surface area contributed by atoms with E-state index in [1.807, 2.05) is 37.3 Å². The van der Waals surface area contributed by atoms with Crippen LogP contribution in [0.15, 0.2) is 57.9 Å². The Morgan fingerprint density at radius 1 is 1.06 bits per heavy atom. The van der Waals surface area contributed by atoms with E-state index in [4.69, 9.17) is 0 Å². The highest BCUT2D eigenvalue weighted by atomic mass is 79.9. The van der Waals surface area contributed by atoms with Crippen molar-refractivity contribution in [1.29, 1.82) is 0 Å². The normalized spacial score (nSPS) is 17.5. The number of imide groups is 1. The third-order valence-corrected chi connectivity index (χ3v) is 7.87. The van der Waals surface area contributed by atoms with E-state index < -0.39 is 5.91 Å². The molecule has 0 N–H and O–H groups in total. The van der Waals surface area contributed by atoms with Crippen molar-refractivity contribution in [3.63, 3.8) is 0 Å². The summed E-state index contributed by atoms with van der Waals surface area (Å²) in [5.74, 6) is -0.560. The van der Waals surface area contributed by atoms with Crippen LogP contribution in [0.4, 0.5) is 4.79 Å². The summed E-state index contributed by atoms with van der Waals surface area (Å²) in [6, 6.07) is 16.3. The van der Waals surface area contributed by atoms with Crippen LogP contribution in [0.1, 0.15) is 29.7 Å². The summed E-state index contributed by atoms with van der Waals surface area (Å²) < 4.78 is 3.26. The first-order chi connectivity index (χ1) is 16.4. The van der Waals surface area contributed by atoms with E-state index in [1.165, 1.54) is 5.56 Å². The molecular formula is C26H24BrN3O3S. The van der Waals surface area contributed by atoms with Gasteiger partial charge in [0, 0.05) is 46.3 Å². The van der Waals surface area contributed by atoms with Crippen LogP contribution < -0.4 is 0 Å². The van der Waals surface area contributed by atoms with Crippen molar-refractivity contribution in [2.75, 3.05) is 19.6 Å². The monoisotopic (exact) mass is 537 g/mol. The summed E-state index contributed by atoms with van der Waals surface area (Å²) in [6.07, 6.45) is 3.75. The minimum atomic E-state index is -0.397. The SMILES string of the molecule is Cc1c(/C=C2/SC(=O)N(CC(=O)N3CCCC3)C2=O)c2ccccc2n1Cc1ccc(Br)cc1. The standard InChI is InChI=1S/C26H24BrN3O3S/c1-17-21(14-23-25(32)30(26(33)34-23)16-24(31)28-12-4-5-13-28)20-6-2-3-7-22(20)29(17)15-18-8-10-19(27)11-9-18/h2-3,6-11,14H,4-5,12-13,15-16H2,1H3/b23-14+. The Bertz CT molecular complexity index is 1320. The Hall–Kier alpha value is -2.84. The number of aromatic nitrogens is 1. The highest BCUT2D eigenvalue weighted by Gasteiger charge is 2.37. The molecule has 0 aliphatic carbocycles. The van der Waals surface area contributed by atoms with Crippen LogP contribution in [0.5, 0.6) is 0 Å². The molecule has 2 aliphatic heterocycles. The van der Waals surface area contributed by atoms with Gasteiger partial charge in [0.05, 0.1) is 4.91 Å². The van der Waals surface area contributed by atoms with Crippen LogP contribution in [0.25, 0.3) is 17.0 Å². The molecule has 2 aromatic carbocycles. The van der Waals surface area contributed by atoms with Crippen molar-refractivity contribution in [2.24, 2.45) is 0 Å². The first-order valence-electron chi connectivity index (χ1n) is 11.3. The van der Waals surface area contributed by atoms with Gasteiger partial charge in [0.15, 0.2) is 0 Å². The molecule has 3 aromatic rings. The Kier molecular flexibility index (Phi) is 6.36. The van der Waals surface area contributed by atoms with Crippen molar-refractivity contribution < 1.29 is 14.4 Å². The largest absolute Gasteiger partial charge is 0.341 e. The van der Waals surface area contributed by atoms with E-state index >= 15 is 0 Å². The number of carbonyl (C=O) groups excluding carboxylic acids is 3. The fourth-order valence-electron chi connectivity index (χ4n) is 4.59. The van der Waals surface area contributed by atoms with Crippen molar-refractivity contribution in [1.82, 2.24) is 14.4 Å². The lowest BCUT2D eigenvalue weighted by Gasteiger charge is -2.18. The fourth-order valence-corrected chi connectivity index (χ4v) is 5.67. The molecule has 0 bridgehead atoms. The predicted molar refractivity (Wildman–Crippen MR) is 138 cm³/mol. The van der Waals surface area contributed by atoms with Crippen LogP contribution in [-0.4, -0.2) is 51.1 Å². The molecule has 34 heavy (non-hydrogen) atoms. The minimum absolute atomic E-state index is 0.164. The maximum atomic E-state index is 13.1. The van der Waals surface area contributed by atoms with E-state index in [9.17, 15) is 14.4 Å². The second kappa shape index (κ2) is 9.43. The van der Waals surface area contributed by atoms with Crippen molar-refractivity contribution in [2.45, 2.75) is 26.3 Å². The summed E-state index contributed by atoms with van der Waals surface area (Å²) in [7, 11) is 0. The predicted octanol–water partition coefficient (Wildman–Crippen LogP) is 5.42. The molecule has 0 radical (unpaired) electrons. The molecule has 0 atom stereocenters. The average molecular weight is 538 g/mol. The van der Waals surface area contributed by atoms with Gasteiger partial charge in [-0.2, -0.15) is 0 Å². The van der Waals surface area contributed by atoms with Crippen molar-refractivity contribution in [3.05, 3.63) is 74.7 Å². The number of carbonyl (C=O) groups is 3. The molecule has 3 heterocycles. The van der Waals surface area contributed by atoms with Crippen LogP contribution in [0, 0.1) is 6.92 Å². The second-order valence-corrected chi connectivity index (χ2v) is 10.5. The smallest absolute Gasteiger partial charge is 0.294 e. The summed E-state index contributed by atoms with van der Waals surface area (Å²) in [6.45, 7) is 3.93. The molecule has 2 aliphatic rings. The molecule has 174 valence electrons. The summed E-state index contributed by atoms with van der Waals surface area (Å²) >= 11 is 4.39. The number of hydrogen-bond acceptors (Lipinski definition) is 4. The fraction of sp³-hybridized carbons (Fsp3) is 0.269. The van der Waals surface area contributed by atoms with Crippen LogP contribution in [-0.2, 0) is 16.1 Å². The summed E-state index contributed by atoms with van der Waals surface area (Å²) in [4.78, 5) is 41.4. The molecular weight excluding hydrogens is 514 g/mol. The zero-order chi connectivity index (χ0) is 23.8. The average Bonchev–Trinajstić information content (AvgIpc) is 3.52. The van der Waals surface area contributed by atoms with Gasteiger partial charge in [0.1, 0.15) is 6.54 Å². The number of hydrogen-bond donors (Lipinski definition) is 0. The molecule has 0 spiro atoms. The van der Waals surface area contributed by atoms with Gasteiger partial charge in [-0.05, 0) is 61.4 Å². The van der Waals surface area contributed by atoms with E-state index in [-0.39, 0.29) is 17.7 Å². The highest BCUT2D eigenvalue weighted by Crippen LogP contribution is 2.36. The Morgan fingerprint density at radius 2 is 1.76 bits per heavy atom. The Labute approximate surface area is 210 Å². The molecule has 8 heteroatoms. The molecule has 0 saturated carbocycles. The van der Waals surface area contributed by atoms with Gasteiger partial charge < -0.3 is 9.47 Å². The van der Waals surface area contributed by atoms with E-state index in [2.05, 4.69) is 38.7 Å². The van der Waals surface area contributed by atoms with E-state index in [0.29, 0.717) is 24.5 Å². The number of likely N-dealkylation sites (tertiary alicyclic amines) is 1. The second-order valence-electron chi connectivity index (χ2n) is 8.58. The number of amides is 3. The maximum Gasteiger partial charge on any atom is 0.294 e. The summed E-state index contributed by atoms with van der Waals surface area (Å²) in [5, 5.41) is 0.636. The van der Waals surface area contributed by atoms with Gasteiger partial charge in [0.2, 0.25) is 5.91 Å². The Balaban J connectivity index is 1.46. The molecule has 1 aromatic heterocycles. The van der Waals surface area contributed by atoms with Gasteiger partial charge in [-0.3, -0.25) is 19.3 Å². The molecule has 6 nitrogen and oxygen atoms in total. The third kappa shape index (κ3) is 4.32. The zero-order valence-corrected chi connectivity index (χ0v) is 21.2. The molecule has 0 unspecified atom stereocenters. The molecule has 2 saturated heterocycles. The van der Waals surface area contributed by atoms with Gasteiger partial charge in [-0.1, -0.05) is 46.3 Å². The molecule has 5 rings (SSSR count). The number of rotatable bonds is 5. The number of thioether (sulfide) groups is 1. The zero-order valence-electron chi connectivity index (χ0n) is 18.8.